The van der Waals surface area contributed by atoms with E-state index in [0.717, 1.165) is 10.7 Å². The van der Waals surface area contributed by atoms with E-state index in [1.807, 2.05) is 26.8 Å². The number of nitro groups is 1. The van der Waals surface area contributed by atoms with Gasteiger partial charge in [-0.05, 0) is 48.9 Å². The van der Waals surface area contributed by atoms with Gasteiger partial charge >= 0.3 is 0 Å². The normalized spacial score (nSPS) is 11.4. The number of hydrogen-bond donors (Lipinski definition) is 0. The second kappa shape index (κ2) is 10.6. The molecule has 36 heavy (non-hydrogen) atoms. The summed E-state index contributed by atoms with van der Waals surface area (Å²) in [6.45, 7) is 6.11. The van der Waals surface area contributed by atoms with Crippen LogP contribution in [0.2, 0.25) is 0 Å². The zero-order valence-electron chi connectivity index (χ0n) is 19.7. The molecular weight excluding hydrogens is 530 g/mol. The average Bonchev–Trinajstić information content (AvgIpc) is 2.85. The van der Waals surface area contributed by atoms with E-state index in [1.165, 1.54) is 16.8 Å². The van der Waals surface area contributed by atoms with E-state index in [1.54, 1.807) is 36.5 Å². The second-order valence-corrected chi connectivity index (χ2v) is 8.92. The van der Waals surface area contributed by atoms with Crippen molar-refractivity contribution < 1.29 is 14.4 Å². The molecule has 11 heteroatoms. The molecule has 2 aromatic heterocycles. The summed E-state index contributed by atoms with van der Waals surface area (Å²) in [5, 5.41) is 15.7. The van der Waals surface area contributed by atoms with Crippen LogP contribution in [0.1, 0.15) is 38.1 Å². The third-order valence-electron chi connectivity index (χ3n) is 5.09. The number of aromatic nitrogens is 3. The first kappa shape index (κ1) is 25.0. The fraction of sp³-hybridized carbons (Fsp3) is 0.200. The van der Waals surface area contributed by atoms with Crippen LogP contribution in [0.3, 0.4) is 0 Å². The van der Waals surface area contributed by atoms with Crippen molar-refractivity contribution in [2.24, 2.45) is 5.10 Å². The van der Waals surface area contributed by atoms with E-state index in [0.29, 0.717) is 40.4 Å². The molecule has 0 spiro atoms. The molecule has 0 amide bonds. The molecule has 0 bridgehead atoms. The number of ether oxygens (including phenoxy) is 2. The van der Waals surface area contributed by atoms with Crippen LogP contribution >= 0.6 is 15.9 Å². The van der Waals surface area contributed by atoms with Crippen LogP contribution in [-0.2, 0) is 0 Å². The van der Waals surface area contributed by atoms with Gasteiger partial charge in [-0.1, -0.05) is 29.8 Å². The van der Waals surface area contributed by atoms with E-state index in [4.69, 9.17) is 9.47 Å². The SMILES string of the molecule is CCOc1cc(C=Nn2c(C(C)C)nc3ccc(Br)cc3c2=O)ccc1Oc1ccc([N+](=O)[O-])cn1. The molecule has 4 aromatic rings. The van der Waals surface area contributed by atoms with Gasteiger partial charge in [0.05, 0.1) is 28.6 Å². The molecule has 0 aliphatic rings. The van der Waals surface area contributed by atoms with Gasteiger partial charge in [0.1, 0.15) is 12.0 Å². The number of rotatable bonds is 8. The van der Waals surface area contributed by atoms with Crippen molar-refractivity contribution in [1.29, 1.82) is 0 Å². The highest BCUT2D eigenvalue weighted by Crippen LogP contribution is 2.32. The maximum Gasteiger partial charge on any atom is 0.287 e. The molecule has 0 aliphatic heterocycles. The molecule has 0 N–H and O–H groups in total. The zero-order chi connectivity index (χ0) is 25.8. The summed E-state index contributed by atoms with van der Waals surface area (Å²) in [6.07, 6.45) is 2.67. The second-order valence-electron chi connectivity index (χ2n) is 8.00. The molecule has 0 fully saturated rings. The number of benzene rings is 2. The first-order valence-corrected chi connectivity index (χ1v) is 11.9. The minimum atomic E-state index is -0.531. The molecular formula is C25H22BrN5O5. The van der Waals surface area contributed by atoms with Crippen molar-refractivity contribution >= 4 is 38.7 Å². The number of nitrogens with zero attached hydrogens (tertiary/aromatic N) is 5. The molecule has 0 saturated heterocycles. The summed E-state index contributed by atoms with van der Waals surface area (Å²) < 4.78 is 13.6. The lowest BCUT2D eigenvalue weighted by Crippen LogP contribution is -2.23. The van der Waals surface area contributed by atoms with Gasteiger partial charge in [0, 0.05) is 22.5 Å². The summed E-state index contributed by atoms with van der Waals surface area (Å²) in [4.78, 5) is 32.1. The lowest BCUT2D eigenvalue weighted by molar-refractivity contribution is -0.385. The Labute approximate surface area is 214 Å². The number of hydrogen-bond acceptors (Lipinski definition) is 8. The van der Waals surface area contributed by atoms with Gasteiger partial charge in [-0.2, -0.15) is 9.78 Å². The van der Waals surface area contributed by atoms with Crippen LogP contribution in [0.4, 0.5) is 5.69 Å². The third kappa shape index (κ3) is 5.41. The lowest BCUT2D eigenvalue weighted by atomic mass is 10.2. The Morgan fingerprint density at radius 1 is 1.17 bits per heavy atom. The topological polar surface area (TPSA) is 122 Å². The van der Waals surface area contributed by atoms with Gasteiger partial charge < -0.3 is 9.47 Å². The molecule has 0 aliphatic carbocycles. The largest absolute Gasteiger partial charge is 0.490 e. The van der Waals surface area contributed by atoms with Crippen LogP contribution in [0, 0.1) is 10.1 Å². The van der Waals surface area contributed by atoms with Crippen molar-refractivity contribution in [3.05, 3.63) is 91.1 Å². The Morgan fingerprint density at radius 3 is 2.64 bits per heavy atom. The summed E-state index contributed by atoms with van der Waals surface area (Å²) >= 11 is 3.40. The van der Waals surface area contributed by atoms with Gasteiger partial charge in [0.2, 0.25) is 5.88 Å². The highest BCUT2D eigenvalue weighted by atomic mass is 79.9. The summed E-state index contributed by atoms with van der Waals surface area (Å²) in [5.74, 6) is 1.50. The van der Waals surface area contributed by atoms with Gasteiger partial charge in [-0.3, -0.25) is 14.9 Å². The Hall–Kier alpha value is -4.12. The van der Waals surface area contributed by atoms with E-state index >= 15 is 0 Å². The van der Waals surface area contributed by atoms with Crippen molar-refractivity contribution in [2.75, 3.05) is 6.61 Å². The highest BCUT2D eigenvalue weighted by Gasteiger charge is 2.14. The molecule has 2 aromatic carbocycles. The molecule has 0 atom stereocenters. The predicted molar refractivity (Wildman–Crippen MR) is 139 cm³/mol. The van der Waals surface area contributed by atoms with Crippen molar-refractivity contribution in [3.63, 3.8) is 0 Å². The first-order valence-electron chi connectivity index (χ1n) is 11.1. The molecule has 2 heterocycles. The maximum atomic E-state index is 13.2. The minimum Gasteiger partial charge on any atom is -0.490 e. The molecule has 0 unspecified atom stereocenters. The van der Waals surface area contributed by atoms with Crippen LogP contribution in [0.5, 0.6) is 17.4 Å². The first-order chi connectivity index (χ1) is 17.3. The zero-order valence-corrected chi connectivity index (χ0v) is 21.3. The summed E-state index contributed by atoms with van der Waals surface area (Å²) in [5.41, 5.74) is 0.873. The van der Waals surface area contributed by atoms with E-state index in [2.05, 4.69) is 31.0 Å². The van der Waals surface area contributed by atoms with Crippen LogP contribution in [-0.4, -0.2) is 32.4 Å². The smallest absolute Gasteiger partial charge is 0.287 e. The van der Waals surface area contributed by atoms with E-state index in [-0.39, 0.29) is 23.0 Å². The van der Waals surface area contributed by atoms with Crippen molar-refractivity contribution in [3.8, 4) is 17.4 Å². The van der Waals surface area contributed by atoms with Crippen molar-refractivity contribution in [2.45, 2.75) is 26.7 Å². The monoisotopic (exact) mass is 551 g/mol. The van der Waals surface area contributed by atoms with Crippen molar-refractivity contribution in [1.82, 2.24) is 14.6 Å². The Kier molecular flexibility index (Phi) is 7.39. The molecule has 4 rings (SSSR count). The Bertz CT molecular complexity index is 1520. The Balaban J connectivity index is 1.68. The Morgan fingerprint density at radius 2 is 1.97 bits per heavy atom. The fourth-order valence-electron chi connectivity index (χ4n) is 3.39. The summed E-state index contributed by atoms with van der Waals surface area (Å²) in [7, 11) is 0. The van der Waals surface area contributed by atoms with Crippen LogP contribution in [0.15, 0.2) is 69.1 Å². The minimum absolute atomic E-state index is 0.0353. The average molecular weight is 552 g/mol. The quantitative estimate of drug-likeness (QED) is 0.157. The standard InChI is InChI=1S/C25H22BrN5O5/c1-4-35-22-11-16(5-9-21(22)36-23-10-7-18(14-27-23)31(33)34)13-28-30-24(15(2)3)29-20-8-6-17(26)12-19(20)25(30)32/h5-15H,4H2,1-3H3. The van der Waals surface area contributed by atoms with Crippen LogP contribution in [0.25, 0.3) is 10.9 Å². The highest BCUT2D eigenvalue weighted by molar-refractivity contribution is 9.10. The fourth-order valence-corrected chi connectivity index (χ4v) is 3.75. The maximum absolute atomic E-state index is 13.2. The summed E-state index contributed by atoms with van der Waals surface area (Å²) in [6, 6.07) is 13.2. The van der Waals surface area contributed by atoms with Crippen LogP contribution < -0.4 is 15.0 Å². The van der Waals surface area contributed by atoms with E-state index < -0.39 is 4.92 Å². The molecule has 10 nitrogen and oxygen atoms in total. The molecule has 0 saturated carbocycles. The third-order valence-corrected chi connectivity index (χ3v) is 5.58. The van der Waals surface area contributed by atoms with Gasteiger partial charge in [0.15, 0.2) is 11.5 Å². The van der Waals surface area contributed by atoms with Gasteiger partial charge in [-0.25, -0.2) is 9.97 Å². The van der Waals surface area contributed by atoms with Gasteiger partial charge in [0.25, 0.3) is 11.2 Å². The molecule has 0 radical (unpaired) electrons. The molecule has 184 valence electrons. The predicted octanol–water partition coefficient (Wildman–Crippen LogP) is 5.66. The number of halogens is 1. The number of pyridine rings is 1. The van der Waals surface area contributed by atoms with E-state index in [9.17, 15) is 14.9 Å². The number of fused-ring (bicyclic) bond motifs is 1. The van der Waals surface area contributed by atoms with Gasteiger partial charge in [-0.15, -0.1) is 0 Å². The lowest BCUT2D eigenvalue weighted by Gasteiger charge is -2.13.